The molecule has 0 saturated heterocycles. The topological polar surface area (TPSA) is 79.4 Å². The van der Waals surface area contributed by atoms with Crippen LogP contribution in [0.2, 0.25) is 0 Å². The molecule has 0 bridgehead atoms. The van der Waals surface area contributed by atoms with Gasteiger partial charge in [-0.3, -0.25) is 14.1 Å². The van der Waals surface area contributed by atoms with Crippen LogP contribution in [0.15, 0.2) is 48.8 Å². The van der Waals surface area contributed by atoms with Gasteiger partial charge in [-0.25, -0.2) is 8.42 Å². The fourth-order valence-electron chi connectivity index (χ4n) is 2.41. The summed E-state index contributed by atoms with van der Waals surface area (Å²) in [5, 5.41) is 2.76. The second-order valence-corrected chi connectivity index (χ2v) is 7.51. The number of anilines is 1. The van der Waals surface area contributed by atoms with E-state index in [-0.39, 0.29) is 5.91 Å². The smallest absolute Gasteiger partial charge is 0.243 e. The number of aromatic nitrogens is 1. The molecule has 0 aliphatic carbocycles. The third-order valence-corrected chi connectivity index (χ3v) is 4.80. The minimum atomic E-state index is -3.60. The highest BCUT2D eigenvalue weighted by Gasteiger charge is 2.28. The number of carbonyl (C=O) groups excluding carboxylic acids is 1. The van der Waals surface area contributed by atoms with Crippen LogP contribution in [-0.4, -0.2) is 31.6 Å². The lowest BCUT2D eigenvalue weighted by atomic mass is 10.2. The maximum absolute atomic E-state index is 12.4. The largest absolute Gasteiger partial charge is 0.350 e. The molecule has 0 saturated carbocycles. The van der Waals surface area contributed by atoms with Gasteiger partial charge < -0.3 is 5.32 Å². The molecule has 0 unspecified atom stereocenters. The Bertz CT molecular complexity index is 807. The van der Waals surface area contributed by atoms with E-state index in [1.807, 2.05) is 13.0 Å². The average molecular weight is 347 g/mol. The van der Waals surface area contributed by atoms with Crippen molar-refractivity contribution in [2.75, 3.05) is 10.6 Å². The summed E-state index contributed by atoms with van der Waals surface area (Å²) in [4.78, 5) is 16.3. The molecule has 0 radical (unpaired) electrons. The van der Waals surface area contributed by atoms with Gasteiger partial charge in [-0.2, -0.15) is 0 Å². The fraction of sp³-hybridized carbons (Fsp3) is 0.294. The first-order valence-electron chi connectivity index (χ1n) is 7.51. The van der Waals surface area contributed by atoms with Crippen molar-refractivity contribution in [3.63, 3.8) is 0 Å². The summed E-state index contributed by atoms with van der Waals surface area (Å²) >= 11 is 0. The van der Waals surface area contributed by atoms with Crippen molar-refractivity contribution < 1.29 is 13.2 Å². The van der Waals surface area contributed by atoms with E-state index in [9.17, 15) is 13.2 Å². The normalized spacial score (nSPS) is 12.5. The molecule has 128 valence electrons. The molecule has 1 atom stereocenters. The Morgan fingerprint density at radius 3 is 2.50 bits per heavy atom. The number of benzene rings is 1. The number of hydrogen-bond acceptors (Lipinski definition) is 4. The monoisotopic (exact) mass is 347 g/mol. The second-order valence-electron chi connectivity index (χ2n) is 5.65. The van der Waals surface area contributed by atoms with Crippen molar-refractivity contribution in [1.82, 2.24) is 10.3 Å². The molecule has 2 rings (SSSR count). The van der Waals surface area contributed by atoms with Gasteiger partial charge in [-0.05, 0) is 49.2 Å². The van der Waals surface area contributed by atoms with Crippen LogP contribution in [0.4, 0.5) is 5.69 Å². The van der Waals surface area contributed by atoms with E-state index in [0.29, 0.717) is 12.2 Å². The summed E-state index contributed by atoms with van der Waals surface area (Å²) in [6.07, 6.45) is 4.38. The van der Waals surface area contributed by atoms with E-state index in [1.165, 1.54) is 0 Å². The van der Waals surface area contributed by atoms with Gasteiger partial charge in [0, 0.05) is 18.9 Å². The number of sulfonamides is 1. The number of aryl methyl sites for hydroxylation is 1. The maximum atomic E-state index is 12.4. The van der Waals surface area contributed by atoms with Crippen molar-refractivity contribution in [1.29, 1.82) is 0 Å². The summed E-state index contributed by atoms with van der Waals surface area (Å²) in [5.74, 6) is -0.362. The summed E-state index contributed by atoms with van der Waals surface area (Å²) in [7, 11) is -3.60. The quantitative estimate of drug-likeness (QED) is 0.865. The van der Waals surface area contributed by atoms with Gasteiger partial charge in [0.05, 0.1) is 11.9 Å². The lowest BCUT2D eigenvalue weighted by Gasteiger charge is -2.28. The lowest BCUT2D eigenvalue weighted by Crippen LogP contribution is -2.47. The molecular weight excluding hydrogens is 326 g/mol. The lowest BCUT2D eigenvalue weighted by molar-refractivity contribution is -0.122. The molecule has 7 heteroatoms. The number of nitrogens with one attached hydrogen (secondary N) is 1. The molecule has 1 aromatic heterocycles. The van der Waals surface area contributed by atoms with Gasteiger partial charge in [-0.1, -0.05) is 12.1 Å². The molecule has 0 spiro atoms. The van der Waals surface area contributed by atoms with Crippen molar-refractivity contribution in [3.05, 3.63) is 59.9 Å². The minimum absolute atomic E-state index is 0.317. The van der Waals surface area contributed by atoms with Gasteiger partial charge in [0.25, 0.3) is 0 Å². The first kappa shape index (κ1) is 17.9. The third kappa shape index (κ3) is 4.55. The summed E-state index contributed by atoms with van der Waals surface area (Å²) in [6.45, 7) is 3.76. The molecule has 1 heterocycles. The molecule has 1 amide bonds. The van der Waals surface area contributed by atoms with E-state index in [2.05, 4.69) is 10.3 Å². The predicted molar refractivity (Wildman–Crippen MR) is 94.0 cm³/mol. The Morgan fingerprint density at radius 2 is 1.92 bits per heavy atom. The number of nitrogens with zero attached hydrogens (tertiary/aromatic N) is 2. The average Bonchev–Trinajstić information content (AvgIpc) is 2.52. The van der Waals surface area contributed by atoms with Gasteiger partial charge in [0.1, 0.15) is 6.04 Å². The Morgan fingerprint density at radius 1 is 1.25 bits per heavy atom. The van der Waals surface area contributed by atoms with E-state index in [4.69, 9.17) is 0 Å². The summed E-state index contributed by atoms with van der Waals surface area (Å²) in [5.41, 5.74) is 2.29. The number of rotatable bonds is 6. The molecule has 2 aromatic rings. The predicted octanol–water partition coefficient (Wildman–Crippen LogP) is 1.86. The number of carbonyl (C=O) groups is 1. The first-order chi connectivity index (χ1) is 11.3. The van der Waals surface area contributed by atoms with Crippen LogP contribution < -0.4 is 9.62 Å². The highest BCUT2D eigenvalue weighted by atomic mass is 32.2. The van der Waals surface area contributed by atoms with Crippen molar-refractivity contribution in [3.8, 4) is 0 Å². The Kier molecular flexibility index (Phi) is 5.56. The Hall–Kier alpha value is -2.41. The second kappa shape index (κ2) is 7.44. The molecule has 6 nitrogen and oxygen atoms in total. The highest BCUT2D eigenvalue weighted by molar-refractivity contribution is 7.92. The van der Waals surface area contributed by atoms with E-state index >= 15 is 0 Å². The number of amides is 1. The van der Waals surface area contributed by atoms with Crippen LogP contribution in [0.1, 0.15) is 18.1 Å². The zero-order valence-corrected chi connectivity index (χ0v) is 14.7. The Labute approximate surface area is 142 Å². The van der Waals surface area contributed by atoms with Gasteiger partial charge >= 0.3 is 0 Å². The van der Waals surface area contributed by atoms with E-state index in [1.54, 1.807) is 49.6 Å². The SMILES string of the molecule is Cc1cccc(N([C@@H](C)C(=O)NCc2ccncc2)S(C)(=O)=O)c1. The summed E-state index contributed by atoms with van der Waals surface area (Å²) < 4.78 is 25.5. The zero-order chi connectivity index (χ0) is 17.7. The van der Waals surface area contributed by atoms with Gasteiger partial charge in [0.2, 0.25) is 15.9 Å². The molecule has 0 aliphatic rings. The van der Waals surface area contributed by atoms with Crippen LogP contribution in [0.5, 0.6) is 0 Å². The minimum Gasteiger partial charge on any atom is -0.350 e. The summed E-state index contributed by atoms with van der Waals surface area (Å²) in [6, 6.07) is 9.79. The van der Waals surface area contributed by atoms with E-state index in [0.717, 1.165) is 21.7 Å². The van der Waals surface area contributed by atoms with Crippen molar-refractivity contribution in [2.24, 2.45) is 0 Å². The standard InChI is InChI=1S/C17H21N3O3S/c1-13-5-4-6-16(11-13)20(24(3,22)23)14(2)17(21)19-12-15-7-9-18-10-8-15/h4-11,14H,12H2,1-3H3,(H,19,21)/t14-/m0/s1. The zero-order valence-electron chi connectivity index (χ0n) is 13.9. The maximum Gasteiger partial charge on any atom is 0.243 e. The van der Waals surface area contributed by atoms with Gasteiger partial charge in [0.15, 0.2) is 0 Å². The van der Waals surface area contributed by atoms with Crippen molar-refractivity contribution in [2.45, 2.75) is 26.4 Å². The third-order valence-electron chi connectivity index (χ3n) is 3.56. The molecule has 1 aromatic carbocycles. The number of hydrogen-bond donors (Lipinski definition) is 1. The molecule has 24 heavy (non-hydrogen) atoms. The molecular formula is C17H21N3O3S. The Balaban J connectivity index is 2.19. The van der Waals surface area contributed by atoms with Crippen LogP contribution in [0.25, 0.3) is 0 Å². The van der Waals surface area contributed by atoms with Crippen LogP contribution in [0.3, 0.4) is 0 Å². The highest BCUT2D eigenvalue weighted by Crippen LogP contribution is 2.21. The fourth-order valence-corrected chi connectivity index (χ4v) is 3.58. The van der Waals surface area contributed by atoms with Gasteiger partial charge in [-0.15, -0.1) is 0 Å². The van der Waals surface area contributed by atoms with Crippen LogP contribution >= 0.6 is 0 Å². The van der Waals surface area contributed by atoms with Crippen molar-refractivity contribution >= 4 is 21.6 Å². The van der Waals surface area contributed by atoms with E-state index < -0.39 is 16.1 Å². The number of pyridine rings is 1. The molecule has 0 fully saturated rings. The first-order valence-corrected chi connectivity index (χ1v) is 9.36. The molecule has 1 N–H and O–H groups in total. The van der Waals surface area contributed by atoms with Crippen LogP contribution in [-0.2, 0) is 21.4 Å². The molecule has 0 aliphatic heterocycles. The van der Waals surface area contributed by atoms with Crippen LogP contribution in [0, 0.1) is 6.92 Å².